The largest absolute Gasteiger partial charge is 0.354 e. The van der Waals surface area contributed by atoms with Gasteiger partial charge in [-0.3, -0.25) is 0 Å². The molecule has 1 saturated carbocycles. The molecular weight excluding hydrogens is 280 g/mol. The molecule has 1 heteroatoms. The number of fused-ring (bicyclic) bond motifs is 1. The standard InChI is InChI=1S/C22H22O/c1-3-9-19(10-4-1)13-17-21-15-7-8-16-22(21,23-21)18-14-20-11-5-2-6-12-20/h1-6,9-14,17-18H,7-8,15-16H2/b17-13+,18-14+. The molecule has 2 fully saturated rings. The summed E-state index contributed by atoms with van der Waals surface area (Å²) in [7, 11) is 0. The maximum atomic E-state index is 6.32. The van der Waals surface area contributed by atoms with Crippen LogP contribution in [0.2, 0.25) is 0 Å². The molecule has 2 unspecified atom stereocenters. The quantitative estimate of drug-likeness (QED) is 0.680. The van der Waals surface area contributed by atoms with E-state index in [4.69, 9.17) is 4.74 Å². The second-order valence-corrected chi connectivity index (χ2v) is 6.58. The minimum atomic E-state index is -0.0909. The molecule has 2 aromatic rings. The van der Waals surface area contributed by atoms with E-state index < -0.39 is 0 Å². The summed E-state index contributed by atoms with van der Waals surface area (Å²) in [5.41, 5.74) is 2.30. The zero-order chi connectivity index (χ0) is 15.6. The summed E-state index contributed by atoms with van der Waals surface area (Å²) in [5.74, 6) is 0. The second-order valence-electron chi connectivity index (χ2n) is 6.58. The number of hydrogen-bond donors (Lipinski definition) is 0. The van der Waals surface area contributed by atoms with Crippen LogP contribution >= 0.6 is 0 Å². The molecule has 2 aliphatic rings. The molecule has 0 N–H and O–H groups in total. The Kier molecular flexibility index (Phi) is 3.66. The van der Waals surface area contributed by atoms with Crippen molar-refractivity contribution >= 4 is 12.2 Å². The third-order valence-electron chi connectivity index (χ3n) is 5.07. The van der Waals surface area contributed by atoms with Crippen molar-refractivity contribution in [1.29, 1.82) is 0 Å². The van der Waals surface area contributed by atoms with E-state index in [0.29, 0.717) is 0 Å². The van der Waals surface area contributed by atoms with Gasteiger partial charge in [0.1, 0.15) is 11.2 Å². The molecule has 23 heavy (non-hydrogen) atoms. The highest BCUT2D eigenvalue weighted by Gasteiger charge is 2.67. The Hall–Kier alpha value is -2.12. The van der Waals surface area contributed by atoms with Crippen LogP contribution in [0, 0.1) is 0 Å². The fourth-order valence-electron chi connectivity index (χ4n) is 3.71. The number of ether oxygens (including phenoxy) is 1. The second kappa shape index (κ2) is 5.82. The van der Waals surface area contributed by atoms with Gasteiger partial charge in [0, 0.05) is 0 Å². The van der Waals surface area contributed by atoms with Gasteiger partial charge in [-0.1, -0.05) is 72.8 Å². The predicted molar refractivity (Wildman–Crippen MR) is 96.0 cm³/mol. The lowest BCUT2D eigenvalue weighted by Gasteiger charge is -2.20. The van der Waals surface area contributed by atoms with E-state index in [0.717, 1.165) is 12.8 Å². The van der Waals surface area contributed by atoms with E-state index in [1.54, 1.807) is 0 Å². The average molecular weight is 302 g/mol. The van der Waals surface area contributed by atoms with Gasteiger partial charge < -0.3 is 4.74 Å². The van der Waals surface area contributed by atoms with Crippen molar-refractivity contribution in [3.8, 4) is 0 Å². The Bertz CT molecular complexity index is 653. The van der Waals surface area contributed by atoms with Crippen LogP contribution in [0.1, 0.15) is 36.8 Å². The molecule has 0 radical (unpaired) electrons. The maximum Gasteiger partial charge on any atom is 0.120 e. The van der Waals surface area contributed by atoms with Gasteiger partial charge in [0.05, 0.1) is 0 Å². The highest BCUT2D eigenvalue weighted by molar-refractivity contribution is 5.57. The van der Waals surface area contributed by atoms with Crippen LogP contribution in [0.3, 0.4) is 0 Å². The lowest BCUT2D eigenvalue weighted by Crippen LogP contribution is -2.26. The molecule has 2 atom stereocenters. The first-order valence-electron chi connectivity index (χ1n) is 8.51. The monoisotopic (exact) mass is 302 g/mol. The van der Waals surface area contributed by atoms with Crippen LogP contribution in [-0.4, -0.2) is 11.2 Å². The molecule has 0 bridgehead atoms. The van der Waals surface area contributed by atoms with Gasteiger partial charge in [0.2, 0.25) is 0 Å². The Labute approximate surface area is 138 Å². The first kappa shape index (κ1) is 14.5. The van der Waals surface area contributed by atoms with Crippen molar-refractivity contribution in [2.75, 3.05) is 0 Å². The zero-order valence-corrected chi connectivity index (χ0v) is 13.3. The summed E-state index contributed by atoms with van der Waals surface area (Å²) >= 11 is 0. The molecular formula is C22H22O. The van der Waals surface area contributed by atoms with Gasteiger partial charge in [0.15, 0.2) is 0 Å². The smallest absolute Gasteiger partial charge is 0.120 e. The molecule has 1 aliphatic heterocycles. The average Bonchev–Trinajstić information content (AvgIpc) is 3.30. The van der Waals surface area contributed by atoms with E-state index in [1.807, 2.05) is 0 Å². The normalized spacial score (nSPS) is 29.7. The van der Waals surface area contributed by atoms with Gasteiger partial charge in [-0.15, -0.1) is 0 Å². The molecule has 0 amide bonds. The van der Waals surface area contributed by atoms with Crippen LogP contribution in [0.25, 0.3) is 12.2 Å². The van der Waals surface area contributed by atoms with Crippen molar-refractivity contribution in [3.05, 3.63) is 83.9 Å². The van der Waals surface area contributed by atoms with Crippen molar-refractivity contribution in [2.45, 2.75) is 36.9 Å². The maximum absolute atomic E-state index is 6.32. The van der Waals surface area contributed by atoms with Crippen LogP contribution in [0.15, 0.2) is 72.8 Å². The molecule has 116 valence electrons. The van der Waals surface area contributed by atoms with Gasteiger partial charge in [-0.2, -0.15) is 0 Å². The summed E-state index contributed by atoms with van der Waals surface area (Å²) in [6.07, 6.45) is 13.7. The van der Waals surface area contributed by atoms with Crippen molar-refractivity contribution in [1.82, 2.24) is 0 Å². The Morgan fingerprint density at radius 1 is 0.652 bits per heavy atom. The third kappa shape index (κ3) is 2.77. The number of hydrogen-bond acceptors (Lipinski definition) is 1. The van der Waals surface area contributed by atoms with Crippen molar-refractivity contribution < 1.29 is 4.74 Å². The van der Waals surface area contributed by atoms with Crippen molar-refractivity contribution in [2.24, 2.45) is 0 Å². The SMILES string of the molecule is C(=C\C12CCCCC1(/C=C/c1ccccc1)O2)/c1ccccc1. The molecule has 1 aliphatic carbocycles. The number of benzene rings is 2. The highest BCUT2D eigenvalue weighted by Crippen LogP contribution is 2.59. The molecule has 0 aromatic heterocycles. The summed E-state index contributed by atoms with van der Waals surface area (Å²) in [6.45, 7) is 0. The minimum absolute atomic E-state index is 0.0909. The lowest BCUT2D eigenvalue weighted by atomic mass is 9.78. The van der Waals surface area contributed by atoms with Crippen LogP contribution < -0.4 is 0 Å². The van der Waals surface area contributed by atoms with Crippen LogP contribution in [0.5, 0.6) is 0 Å². The highest BCUT2D eigenvalue weighted by atomic mass is 16.6. The number of epoxide rings is 1. The molecule has 1 nitrogen and oxygen atoms in total. The van der Waals surface area contributed by atoms with Gasteiger partial charge in [-0.05, 0) is 49.0 Å². The van der Waals surface area contributed by atoms with Crippen molar-refractivity contribution in [3.63, 3.8) is 0 Å². The predicted octanol–water partition coefficient (Wildman–Crippen LogP) is 5.50. The molecule has 4 rings (SSSR count). The molecule has 1 saturated heterocycles. The first-order valence-corrected chi connectivity index (χ1v) is 8.51. The van der Waals surface area contributed by atoms with E-state index in [-0.39, 0.29) is 11.2 Å². The van der Waals surface area contributed by atoms with E-state index in [1.165, 1.54) is 24.0 Å². The fourth-order valence-corrected chi connectivity index (χ4v) is 3.71. The summed E-state index contributed by atoms with van der Waals surface area (Å²) in [4.78, 5) is 0. The number of rotatable bonds is 4. The third-order valence-corrected chi connectivity index (χ3v) is 5.07. The van der Waals surface area contributed by atoms with Gasteiger partial charge in [-0.25, -0.2) is 0 Å². The lowest BCUT2D eigenvalue weighted by molar-refractivity contribution is 0.307. The summed E-state index contributed by atoms with van der Waals surface area (Å²) in [5, 5.41) is 0. The van der Waals surface area contributed by atoms with Gasteiger partial charge in [0.25, 0.3) is 0 Å². The minimum Gasteiger partial charge on any atom is -0.354 e. The van der Waals surface area contributed by atoms with E-state index >= 15 is 0 Å². The van der Waals surface area contributed by atoms with Crippen LogP contribution in [0.4, 0.5) is 0 Å². The Morgan fingerprint density at radius 2 is 1.09 bits per heavy atom. The molecule has 1 heterocycles. The Balaban J connectivity index is 1.56. The van der Waals surface area contributed by atoms with E-state index in [2.05, 4.69) is 85.0 Å². The summed E-state index contributed by atoms with van der Waals surface area (Å²) < 4.78 is 6.32. The van der Waals surface area contributed by atoms with E-state index in [9.17, 15) is 0 Å². The first-order chi connectivity index (χ1) is 11.3. The van der Waals surface area contributed by atoms with Gasteiger partial charge >= 0.3 is 0 Å². The Morgan fingerprint density at radius 3 is 1.52 bits per heavy atom. The zero-order valence-electron chi connectivity index (χ0n) is 13.3. The fraction of sp³-hybridized carbons (Fsp3) is 0.273. The molecule has 2 aromatic carbocycles. The van der Waals surface area contributed by atoms with Crippen LogP contribution in [-0.2, 0) is 4.74 Å². The summed E-state index contributed by atoms with van der Waals surface area (Å²) in [6, 6.07) is 21.0. The molecule has 0 spiro atoms. The topological polar surface area (TPSA) is 12.5 Å².